The molecule has 6 nitrogen and oxygen atoms in total. The number of benzene rings is 2. The first-order chi connectivity index (χ1) is 13.0. The number of rotatable bonds is 6. The zero-order valence-electron chi connectivity index (χ0n) is 15.0. The van der Waals surface area contributed by atoms with Gasteiger partial charge in [-0.3, -0.25) is 0 Å². The normalized spacial score (nSPS) is 10.3. The average molecular weight is 383 g/mol. The molecule has 3 rings (SSSR count). The number of nitrogens with one attached hydrogen (secondary N) is 2. The summed E-state index contributed by atoms with van der Waals surface area (Å²) in [6.07, 6.45) is 0. The van der Waals surface area contributed by atoms with Gasteiger partial charge in [-0.25, -0.2) is 14.8 Å². The lowest BCUT2D eigenvalue weighted by molar-refractivity contribution is 0.0601. The fourth-order valence-corrected chi connectivity index (χ4v) is 2.68. The van der Waals surface area contributed by atoms with Crippen LogP contribution in [-0.4, -0.2) is 23.0 Å². The van der Waals surface area contributed by atoms with Crippen LogP contribution in [-0.2, 0) is 11.3 Å². The van der Waals surface area contributed by atoms with Crippen LogP contribution in [0.3, 0.4) is 0 Å². The van der Waals surface area contributed by atoms with Crippen LogP contribution in [0.2, 0.25) is 5.02 Å². The van der Waals surface area contributed by atoms with Gasteiger partial charge in [0.15, 0.2) is 0 Å². The maximum absolute atomic E-state index is 11.7. The van der Waals surface area contributed by atoms with E-state index in [1.54, 1.807) is 24.3 Å². The zero-order chi connectivity index (χ0) is 19.2. The Balaban J connectivity index is 1.79. The molecule has 1 heterocycles. The summed E-state index contributed by atoms with van der Waals surface area (Å²) < 4.78 is 4.75. The summed E-state index contributed by atoms with van der Waals surface area (Å²) in [6, 6.07) is 16.7. The molecule has 0 amide bonds. The van der Waals surface area contributed by atoms with E-state index in [0.29, 0.717) is 40.3 Å². The van der Waals surface area contributed by atoms with Gasteiger partial charge in [0.25, 0.3) is 0 Å². The third kappa shape index (κ3) is 4.95. The molecule has 0 bridgehead atoms. The molecule has 0 aliphatic rings. The van der Waals surface area contributed by atoms with Crippen LogP contribution in [0.4, 0.5) is 17.3 Å². The lowest BCUT2D eigenvalue weighted by Crippen LogP contribution is -2.06. The van der Waals surface area contributed by atoms with Crippen LogP contribution in [0.1, 0.15) is 21.7 Å². The molecule has 0 radical (unpaired) electrons. The van der Waals surface area contributed by atoms with Crippen molar-refractivity contribution in [1.82, 2.24) is 9.97 Å². The van der Waals surface area contributed by atoms with E-state index in [1.165, 1.54) is 7.11 Å². The molecule has 0 spiro atoms. The first kappa shape index (κ1) is 18.7. The number of anilines is 3. The summed E-state index contributed by atoms with van der Waals surface area (Å²) in [7, 11) is 1.34. The zero-order valence-corrected chi connectivity index (χ0v) is 15.7. The van der Waals surface area contributed by atoms with Crippen molar-refractivity contribution in [2.45, 2.75) is 13.5 Å². The van der Waals surface area contributed by atoms with Gasteiger partial charge in [0.2, 0.25) is 0 Å². The van der Waals surface area contributed by atoms with Crippen molar-refractivity contribution in [3.63, 3.8) is 0 Å². The fourth-order valence-electron chi connectivity index (χ4n) is 2.51. The van der Waals surface area contributed by atoms with E-state index >= 15 is 0 Å². The maximum Gasteiger partial charge on any atom is 0.337 e. The largest absolute Gasteiger partial charge is 0.465 e. The molecule has 0 unspecified atom stereocenters. The van der Waals surface area contributed by atoms with E-state index in [0.717, 1.165) is 5.56 Å². The number of halogens is 1. The summed E-state index contributed by atoms with van der Waals surface area (Å²) in [5.74, 6) is 1.44. The Kier molecular flexibility index (Phi) is 5.88. The topological polar surface area (TPSA) is 76.1 Å². The van der Waals surface area contributed by atoms with Crippen molar-refractivity contribution in [1.29, 1.82) is 0 Å². The molecule has 0 fully saturated rings. The minimum Gasteiger partial charge on any atom is -0.465 e. The van der Waals surface area contributed by atoms with Gasteiger partial charge in [0.1, 0.15) is 17.5 Å². The van der Waals surface area contributed by atoms with Gasteiger partial charge in [0.05, 0.1) is 23.4 Å². The number of aryl methyl sites for hydroxylation is 1. The predicted octanol–water partition coefficient (Wildman–Crippen LogP) is 4.58. The van der Waals surface area contributed by atoms with Gasteiger partial charge < -0.3 is 15.4 Å². The SMILES string of the molecule is COC(=O)c1ccc(Cl)c(Nc2cc(NCc3ccccc3)nc(C)n2)c1. The van der Waals surface area contributed by atoms with Crippen LogP contribution < -0.4 is 10.6 Å². The maximum atomic E-state index is 11.7. The molecule has 0 saturated heterocycles. The number of nitrogens with zero attached hydrogens (tertiary/aromatic N) is 2. The minimum atomic E-state index is -0.432. The van der Waals surface area contributed by atoms with Crippen LogP contribution in [0, 0.1) is 6.92 Å². The molecule has 2 aromatic carbocycles. The fraction of sp³-hybridized carbons (Fsp3) is 0.150. The van der Waals surface area contributed by atoms with Crippen LogP contribution in [0.15, 0.2) is 54.6 Å². The molecular weight excluding hydrogens is 364 g/mol. The highest BCUT2D eigenvalue weighted by Gasteiger charge is 2.10. The van der Waals surface area contributed by atoms with Crippen LogP contribution >= 0.6 is 11.6 Å². The molecule has 3 aromatic rings. The number of ether oxygens (including phenoxy) is 1. The first-order valence-electron chi connectivity index (χ1n) is 8.33. The highest BCUT2D eigenvalue weighted by Crippen LogP contribution is 2.27. The number of aromatic nitrogens is 2. The Morgan fingerprint density at radius 2 is 1.81 bits per heavy atom. The van der Waals surface area contributed by atoms with Gasteiger partial charge in [-0.1, -0.05) is 41.9 Å². The van der Waals surface area contributed by atoms with E-state index in [2.05, 4.69) is 20.6 Å². The summed E-state index contributed by atoms with van der Waals surface area (Å²) in [5.41, 5.74) is 2.11. The van der Waals surface area contributed by atoms with E-state index in [9.17, 15) is 4.79 Å². The number of esters is 1. The Bertz CT molecular complexity index is 948. The number of hydrogen-bond acceptors (Lipinski definition) is 6. The Labute approximate surface area is 162 Å². The second-order valence-electron chi connectivity index (χ2n) is 5.84. The summed E-state index contributed by atoms with van der Waals surface area (Å²) in [6.45, 7) is 2.46. The quantitative estimate of drug-likeness (QED) is 0.608. The Hall–Kier alpha value is -3.12. The molecule has 7 heteroatoms. The second-order valence-corrected chi connectivity index (χ2v) is 6.24. The van der Waals surface area contributed by atoms with Crippen molar-refractivity contribution in [3.8, 4) is 0 Å². The van der Waals surface area contributed by atoms with Crippen LogP contribution in [0.5, 0.6) is 0 Å². The number of methoxy groups -OCH3 is 1. The van der Waals surface area contributed by atoms with E-state index in [-0.39, 0.29) is 0 Å². The standard InChI is InChI=1S/C20H19ClN4O2/c1-13-23-18(22-12-14-6-4-3-5-7-14)11-19(24-13)25-17-10-15(20(26)27-2)8-9-16(17)21/h3-11H,12H2,1-2H3,(H2,22,23,24,25). The summed E-state index contributed by atoms with van der Waals surface area (Å²) >= 11 is 6.24. The predicted molar refractivity (Wildman–Crippen MR) is 107 cm³/mol. The van der Waals surface area contributed by atoms with Crippen LogP contribution in [0.25, 0.3) is 0 Å². The molecule has 27 heavy (non-hydrogen) atoms. The monoisotopic (exact) mass is 382 g/mol. The van der Waals surface area contributed by atoms with Crippen molar-refractivity contribution in [2.24, 2.45) is 0 Å². The van der Waals surface area contributed by atoms with Crippen molar-refractivity contribution >= 4 is 34.9 Å². The number of hydrogen-bond donors (Lipinski definition) is 2. The van der Waals surface area contributed by atoms with E-state index in [4.69, 9.17) is 16.3 Å². The average Bonchev–Trinajstić information content (AvgIpc) is 2.68. The van der Waals surface area contributed by atoms with E-state index in [1.807, 2.05) is 37.3 Å². The molecule has 0 atom stereocenters. The number of carbonyl (C=O) groups is 1. The third-order valence-corrected chi connectivity index (χ3v) is 4.13. The van der Waals surface area contributed by atoms with E-state index < -0.39 is 5.97 Å². The van der Waals surface area contributed by atoms with Crippen molar-refractivity contribution < 1.29 is 9.53 Å². The molecule has 138 valence electrons. The molecule has 0 saturated carbocycles. The molecule has 1 aromatic heterocycles. The summed E-state index contributed by atoms with van der Waals surface area (Å²) in [4.78, 5) is 20.5. The summed E-state index contributed by atoms with van der Waals surface area (Å²) in [5, 5.41) is 6.89. The van der Waals surface area contributed by atoms with Gasteiger partial charge >= 0.3 is 5.97 Å². The van der Waals surface area contributed by atoms with Crippen molar-refractivity contribution in [3.05, 3.63) is 76.6 Å². The van der Waals surface area contributed by atoms with Gasteiger partial charge in [-0.05, 0) is 30.7 Å². The second kappa shape index (κ2) is 8.51. The third-order valence-electron chi connectivity index (χ3n) is 3.80. The van der Waals surface area contributed by atoms with Gasteiger partial charge in [-0.2, -0.15) is 0 Å². The molecular formula is C20H19ClN4O2. The lowest BCUT2D eigenvalue weighted by atomic mass is 10.2. The lowest BCUT2D eigenvalue weighted by Gasteiger charge is -2.12. The minimum absolute atomic E-state index is 0.401. The smallest absolute Gasteiger partial charge is 0.337 e. The Morgan fingerprint density at radius 3 is 2.56 bits per heavy atom. The Morgan fingerprint density at radius 1 is 1.07 bits per heavy atom. The highest BCUT2D eigenvalue weighted by molar-refractivity contribution is 6.33. The molecule has 0 aliphatic heterocycles. The molecule has 0 aliphatic carbocycles. The van der Waals surface area contributed by atoms with Gasteiger partial charge in [0, 0.05) is 12.6 Å². The first-order valence-corrected chi connectivity index (χ1v) is 8.71. The highest BCUT2D eigenvalue weighted by atomic mass is 35.5. The molecule has 2 N–H and O–H groups in total. The van der Waals surface area contributed by atoms with Crippen molar-refractivity contribution in [2.75, 3.05) is 17.7 Å². The number of carbonyl (C=O) groups excluding carboxylic acids is 1. The van der Waals surface area contributed by atoms with Gasteiger partial charge in [-0.15, -0.1) is 0 Å².